The zero-order chi connectivity index (χ0) is 14.9. The molecule has 0 radical (unpaired) electrons. The summed E-state index contributed by atoms with van der Waals surface area (Å²) in [6.07, 6.45) is 1.07. The van der Waals surface area contributed by atoms with Crippen molar-refractivity contribution < 1.29 is 13.9 Å². The number of halogens is 4. The summed E-state index contributed by atoms with van der Waals surface area (Å²) in [5.74, 6) is -1.43. The highest BCUT2D eigenvalue weighted by Crippen LogP contribution is 2.37. The molecule has 0 unspecified atom stereocenters. The highest BCUT2D eigenvalue weighted by Gasteiger charge is 2.17. The Morgan fingerprint density at radius 3 is 2.55 bits per heavy atom. The largest absolute Gasteiger partial charge is 0.465 e. The van der Waals surface area contributed by atoms with Crippen LogP contribution in [0.3, 0.4) is 0 Å². The van der Waals surface area contributed by atoms with Gasteiger partial charge in [0.1, 0.15) is 0 Å². The number of aromatic nitrogens is 1. The molecule has 0 atom stereocenters. The molecule has 0 saturated heterocycles. The Labute approximate surface area is 129 Å². The first-order chi connectivity index (χ1) is 9.43. The SMILES string of the molecule is COC(=O)c1cnc(F)c(-c2cc(Cl)cc(Cl)c2Cl)c1. The van der Waals surface area contributed by atoms with Crippen LogP contribution < -0.4 is 0 Å². The van der Waals surface area contributed by atoms with Crippen molar-refractivity contribution in [2.75, 3.05) is 7.11 Å². The van der Waals surface area contributed by atoms with E-state index in [4.69, 9.17) is 34.8 Å². The van der Waals surface area contributed by atoms with Gasteiger partial charge in [0.05, 0.1) is 22.7 Å². The third-order valence-corrected chi connectivity index (χ3v) is 3.56. The Kier molecular flexibility index (Phi) is 4.48. The van der Waals surface area contributed by atoms with Crippen LogP contribution in [0.25, 0.3) is 11.1 Å². The minimum atomic E-state index is -0.794. The van der Waals surface area contributed by atoms with Gasteiger partial charge in [0.15, 0.2) is 0 Å². The Balaban J connectivity index is 2.66. The second kappa shape index (κ2) is 5.95. The Morgan fingerprint density at radius 2 is 1.90 bits per heavy atom. The number of hydrogen-bond acceptors (Lipinski definition) is 3. The number of carbonyl (C=O) groups excluding carboxylic acids is 1. The number of pyridine rings is 1. The molecule has 0 aliphatic rings. The number of nitrogens with zero attached hydrogens (tertiary/aromatic N) is 1. The van der Waals surface area contributed by atoms with Crippen molar-refractivity contribution in [3.05, 3.63) is 51.0 Å². The van der Waals surface area contributed by atoms with E-state index in [1.807, 2.05) is 0 Å². The van der Waals surface area contributed by atoms with Gasteiger partial charge in [-0.05, 0) is 18.2 Å². The summed E-state index contributed by atoms with van der Waals surface area (Å²) in [7, 11) is 1.22. The smallest absolute Gasteiger partial charge is 0.339 e. The molecule has 1 aromatic carbocycles. The zero-order valence-electron chi connectivity index (χ0n) is 10.1. The van der Waals surface area contributed by atoms with Crippen molar-refractivity contribution in [1.82, 2.24) is 4.98 Å². The lowest BCUT2D eigenvalue weighted by molar-refractivity contribution is 0.0600. The van der Waals surface area contributed by atoms with Gasteiger partial charge in [0.25, 0.3) is 0 Å². The molecule has 3 nitrogen and oxygen atoms in total. The van der Waals surface area contributed by atoms with E-state index in [9.17, 15) is 9.18 Å². The van der Waals surface area contributed by atoms with E-state index in [0.717, 1.165) is 6.20 Å². The predicted molar refractivity (Wildman–Crippen MR) is 76.0 cm³/mol. The number of benzene rings is 1. The van der Waals surface area contributed by atoms with Crippen LogP contribution in [0.4, 0.5) is 4.39 Å². The molecular formula is C13H7Cl3FNO2. The molecule has 20 heavy (non-hydrogen) atoms. The van der Waals surface area contributed by atoms with Crippen LogP contribution in [0.15, 0.2) is 24.4 Å². The molecule has 2 aromatic rings. The third-order valence-electron chi connectivity index (χ3n) is 2.54. The van der Waals surface area contributed by atoms with Crippen LogP contribution in [0.1, 0.15) is 10.4 Å². The molecule has 2 rings (SSSR count). The molecule has 0 aliphatic heterocycles. The average molecular weight is 335 g/mol. The number of esters is 1. The number of rotatable bonds is 2. The Morgan fingerprint density at radius 1 is 1.20 bits per heavy atom. The summed E-state index contributed by atoms with van der Waals surface area (Å²) in [6, 6.07) is 4.16. The van der Waals surface area contributed by atoms with Gasteiger partial charge in [0, 0.05) is 22.3 Å². The van der Waals surface area contributed by atoms with Crippen LogP contribution in [-0.4, -0.2) is 18.1 Å². The van der Waals surface area contributed by atoms with Crippen LogP contribution in [-0.2, 0) is 4.74 Å². The van der Waals surface area contributed by atoms with Gasteiger partial charge < -0.3 is 4.74 Å². The molecule has 0 bridgehead atoms. The molecule has 7 heteroatoms. The number of hydrogen-bond donors (Lipinski definition) is 0. The summed E-state index contributed by atoms with van der Waals surface area (Å²) in [5, 5.41) is 0.591. The highest BCUT2D eigenvalue weighted by atomic mass is 35.5. The number of carbonyl (C=O) groups is 1. The van der Waals surface area contributed by atoms with Gasteiger partial charge in [-0.1, -0.05) is 34.8 Å². The lowest BCUT2D eigenvalue weighted by Gasteiger charge is -2.09. The first kappa shape index (κ1) is 15.0. The van der Waals surface area contributed by atoms with Gasteiger partial charge in [0.2, 0.25) is 5.95 Å². The van der Waals surface area contributed by atoms with Crippen LogP contribution in [0.5, 0.6) is 0 Å². The van der Waals surface area contributed by atoms with Crippen molar-refractivity contribution >= 4 is 40.8 Å². The van der Waals surface area contributed by atoms with E-state index in [-0.39, 0.29) is 31.8 Å². The molecular weight excluding hydrogens is 328 g/mol. The fraction of sp³-hybridized carbons (Fsp3) is 0.0769. The Bertz CT molecular complexity index is 692. The molecule has 0 fully saturated rings. The molecule has 1 heterocycles. The maximum atomic E-state index is 13.9. The molecule has 1 aromatic heterocycles. The van der Waals surface area contributed by atoms with Crippen molar-refractivity contribution in [1.29, 1.82) is 0 Å². The van der Waals surface area contributed by atoms with Gasteiger partial charge >= 0.3 is 5.97 Å². The molecule has 0 N–H and O–H groups in total. The highest BCUT2D eigenvalue weighted by molar-refractivity contribution is 6.45. The minimum Gasteiger partial charge on any atom is -0.465 e. The normalized spacial score (nSPS) is 10.4. The van der Waals surface area contributed by atoms with Crippen LogP contribution in [0.2, 0.25) is 15.1 Å². The van der Waals surface area contributed by atoms with Gasteiger partial charge in [-0.3, -0.25) is 0 Å². The molecule has 0 spiro atoms. The standard InChI is InChI=1S/C13H7Cl3FNO2/c1-20-13(19)6-2-9(12(17)18-5-6)8-3-7(14)4-10(15)11(8)16/h2-5H,1H3. The lowest BCUT2D eigenvalue weighted by Crippen LogP contribution is -2.03. The molecule has 0 amide bonds. The van der Waals surface area contributed by atoms with E-state index in [2.05, 4.69) is 9.72 Å². The monoisotopic (exact) mass is 333 g/mol. The fourth-order valence-corrected chi connectivity index (χ4v) is 2.32. The molecule has 104 valence electrons. The first-order valence-corrected chi connectivity index (χ1v) is 6.46. The summed E-state index contributed by atoms with van der Waals surface area (Å²) in [4.78, 5) is 15.0. The zero-order valence-corrected chi connectivity index (χ0v) is 12.4. The fourth-order valence-electron chi connectivity index (χ4n) is 1.62. The summed E-state index contributed by atoms with van der Waals surface area (Å²) >= 11 is 17.8. The second-order valence-corrected chi connectivity index (χ2v) is 5.02. The summed E-state index contributed by atoms with van der Waals surface area (Å²) in [6.45, 7) is 0. The van der Waals surface area contributed by atoms with E-state index >= 15 is 0 Å². The summed E-state index contributed by atoms with van der Waals surface area (Å²) in [5.41, 5.74) is 0.360. The van der Waals surface area contributed by atoms with E-state index in [1.165, 1.54) is 25.3 Å². The van der Waals surface area contributed by atoms with Crippen molar-refractivity contribution in [3.63, 3.8) is 0 Å². The first-order valence-electron chi connectivity index (χ1n) is 5.32. The Hall–Kier alpha value is -1.36. The number of methoxy groups -OCH3 is 1. The minimum absolute atomic E-state index is 0.0160. The average Bonchev–Trinajstić information content (AvgIpc) is 2.42. The topological polar surface area (TPSA) is 39.2 Å². The van der Waals surface area contributed by atoms with E-state index in [1.54, 1.807) is 0 Å². The third kappa shape index (κ3) is 2.87. The van der Waals surface area contributed by atoms with Crippen LogP contribution >= 0.6 is 34.8 Å². The van der Waals surface area contributed by atoms with Crippen molar-refractivity contribution in [3.8, 4) is 11.1 Å². The maximum absolute atomic E-state index is 13.9. The van der Waals surface area contributed by atoms with Crippen molar-refractivity contribution in [2.24, 2.45) is 0 Å². The number of ether oxygens (including phenoxy) is 1. The van der Waals surface area contributed by atoms with Crippen molar-refractivity contribution in [2.45, 2.75) is 0 Å². The van der Waals surface area contributed by atoms with Gasteiger partial charge in [-0.2, -0.15) is 4.39 Å². The van der Waals surface area contributed by atoms with E-state index in [0.29, 0.717) is 0 Å². The molecule has 0 saturated carbocycles. The van der Waals surface area contributed by atoms with E-state index < -0.39 is 11.9 Å². The quantitative estimate of drug-likeness (QED) is 0.456. The second-order valence-electron chi connectivity index (χ2n) is 3.80. The van der Waals surface area contributed by atoms with Crippen LogP contribution in [0, 0.1) is 5.95 Å². The molecule has 0 aliphatic carbocycles. The maximum Gasteiger partial charge on any atom is 0.339 e. The predicted octanol–water partition coefficient (Wildman–Crippen LogP) is 4.63. The van der Waals surface area contributed by atoms with Gasteiger partial charge in [-0.25, -0.2) is 9.78 Å². The lowest BCUT2D eigenvalue weighted by atomic mass is 10.1. The summed E-state index contributed by atoms with van der Waals surface area (Å²) < 4.78 is 18.4. The van der Waals surface area contributed by atoms with Gasteiger partial charge in [-0.15, -0.1) is 0 Å².